The normalized spacial score (nSPS) is 14.7. The van der Waals surface area contributed by atoms with Crippen molar-refractivity contribution in [2.75, 3.05) is 5.32 Å². The van der Waals surface area contributed by atoms with E-state index in [4.69, 9.17) is 0 Å². The minimum absolute atomic E-state index is 0.588. The minimum atomic E-state index is 0.588. The Morgan fingerprint density at radius 3 is 2.22 bits per heavy atom. The molecule has 1 aromatic heterocycles. The van der Waals surface area contributed by atoms with Crippen LogP contribution >= 0.6 is 0 Å². The van der Waals surface area contributed by atoms with Gasteiger partial charge in [-0.05, 0) is 25.8 Å². The molecule has 1 fully saturated rings. The van der Waals surface area contributed by atoms with Crippen LogP contribution in [0.5, 0.6) is 0 Å². The molecule has 0 saturated heterocycles. The highest BCUT2D eigenvalue weighted by Crippen LogP contribution is 2.19. The average molecular weight is 251 g/mol. The van der Waals surface area contributed by atoms with Crippen molar-refractivity contribution in [2.24, 2.45) is 0 Å². The predicted octanol–water partition coefficient (Wildman–Crippen LogP) is 4.58. The lowest BCUT2D eigenvalue weighted by atomic mass is 9.96. The second-order valence-electron chi connectivity index (χ2n) is 4.00. The van der Waals surface area contributed by atoms with E-state index in [9.17, 15) is 0 Å². The zero-order chi connectivity index (χ0) is 13.8. The maximum absolute atomic E-state index is 4.35. The topological polar surface area (TPSA) is 37.8 Å². The first kappa shape index (κ1) is 16.9. The van der Waals surface area contributed by atoms with Crippen molar-refractivity contribution < 1.29 is 0 Å². The van der Waals surface area contributed by atoms with E-state index in [0.717, 1.165) is 11.6 Å². The zero-order valence-electron chi connectivity index (χ0n) is 12.7. The van der Waals surface area contributed by atoms with Gasteiger partial charge in [-0.15, -0.1) is 0 Å². The van der Waals surface area contributed by atoms with Crippen molar-refractivity contribution >= 4 is 5.95 Å². The molecule has 104 valence electrons. The van der Waals surface area contributed by atoms with Crippen LogP contribution in [-0.2, 0) is 0 Å². The Hall–Kier alpha value is -1.12. The van der Waals surface area contributed by atoms with E-state index in [0.29, 0.717) is 6.04 Å². The van der Waals surface area contributed by atoms with Crippen LogP contribution in [0, 0.1) is 6.92 Å². The van der Waals surface area contributed by atoms with Crippen molar-refractivity contribution in [3.8, 4) is 0 Å². The van der Waals surface area contributed by atoms with Crippen molar-refractivity contribution in [3.05, 3.63) is 18.0 Å². The second-order valence-corrected chi connectivity index (χ2v) is 4.00. The number of hydrogen-bond acceptors (Lipinski definition) is 3. The van der Waals surface area contributed by atoms with Crippen LogP contribution in [0.25, 0.3) is 0 Å². The number of aryl methyl sites for hydroxylation is 1. The summed E-state index contributed by atoms with van der Waals surface area (Å²) in [6.45, 7) is 9.99. The van der Waals surface area contributed by atoms with Crippen molar-refractivity contribution in [1.29, 1.82) is 0 Å². The van der Waals surface area contributed by atoms with Gasteiger partial charge in [0.25, 0.3) is 0 Å². The molecular formula is C15H29N3. The van der Waals surface area contributed by atoms with Crippen molar-refractivity contribution in [3.63, 3.8) is 0 Å². The fraction of sp³-hybridized carbons (Fsp3) is 0.733. The van der Waals surface area contributed by atoms with E-state index < -0.39 is 0 Å². The highest BCUT2D eigenvalue weighted by atomic mass is 15.1. The van der Waals surface area contributed by atoms with E-state index in [-0.39, 0.29) is 0 Å². The van der Waals surface area contributed by atoms with E-state index >= 15 is 0 Å². The molecule has 0 amide bonds. The molecule has 0 atom stereocenters. The Labute approximate surface area is 112 Å². The van der Waals surface area contributed by atoms with Gasteiger partial charge in [0.05, 0.1) is 0 Å². The molecule has 1 aromatic rings. The third kappa shape index (κ3) is 6.58. The van der Waals surface area contributed by atoms with Gasteiger partial charge in [-0.2, -0.15) is 0 Å². The lowest BCUT2D eigenvalue weighted by Crippen LogP contribution is -2.23. The molecule has 1 N–H and O–H groups in total. The summed E-state index contributed by atoms with van der Waals surface area (Å²) in [5.41, 5.74) is 1.03. The average Bonchev–Trinajstić information content (AvgIpc) is 2.44. The van der Waals surface area contributed by atoms with Crippen LogP contribution in [0.1, 0.15) is 65.5 Å². The molecule has 0 unspecified atom stereocenters. The quantitative estimate of drug-likeness (QED) is 0.836. The lowest BCUT2D eigenvalue weighted by molar-refractivity contribution is 0.461. The van der Waals surface area contributed by atoms with E-state index in [2.05, 4.69) is 15.3 Å². The second kappa shape index (κ2) is 11.0. The van der Waals surface area contributed by atoms with Crippen molar-refractivity contribution in [2.45, 2.75) is 72.8 Å². The molecule has 1 aliphatic rings. The number of aromatic nitrogens is 2. The molecule has 0 spiro atoms. The smallest absolute Gasteiger partial charge is 0.223 e. The minimum Gasteiger partial charge on any atom is -0.351 e. The molecule has 1 heterocycles. The molecule has 0 radical (unpaired) electrons. The van der Waals surface area contributed by atoms with Crippen LogP contribution < -0.4 is 5.32 Å². The first-order valence-corrected chi connectivity index (χ1v) is 7.41. The van der Waals surface area contributed by atoms with Gasteiger partial charge in [0.1, 0.15) is 0 Å². The molecule has 18 heavy (non-hydrogen) atoms. The van der Waals surface area contributed by atoms with Crippen LogP contribution in [0.2, 0.25) is 0 Å². The molecular weight excluding hydrogens is 222 g/mol. The fourth-order valence-electron chi connectivity index (χ4n) is 1.95. The summed E-state index contributed by atoms with van der Waals surface area (Å²) in [5.74, 6) is 0.789. The molecule has 0 aliphatic heterocycles. The maximum atomic E-state index is 4.35. The van der Waals surface area contributed by atoms with Crippen LogP contribution in [0.15, 0.2) is 12.3 Å². The van der Waals surface area contributed by atoms with Gasteiger partial charge in [-0.3, -0.25) is 0 Å². The SMILES string of the molecule is CC.CC.Cc1ccnc(NC2CCCCC2)n1. The van der Waals surface area contributed by atoms with Gasteiger partial charge in [0, 0.05) is 17.9 Å². The highest BCUT2D eigenvalue weighted by molar-refractivity contribution is 5.26. The van der Waals surface area contributed by atoms with E-state index in [1.165, 1.54) is 32.1 Å². The van der Waals surface area contributed by atoms with Crippen LogP contribution in [0.4, 0.5) is 5.95 Å². The Morgan fingerprint density at radius 1 is 1.06 bits per heavy atom. The van der Waals surface area contributed by atoms with Gasteiger partial charge in [-0.25, -0.2) is 9.97 Å². The Bertz CT molecular complexity index is 294. The van der Waals surface area contributed by atoms with Crippen LogP contribution in [0.3, 0.4) is 0 Å². The Kier molecular flexibility index (Phi) is 10.3. The van der Waals surface area contributed by atoms with Gasteiger partial charge < -0.3 is 5.32 Å². The van der Waals surface area contributed by atoms with E-state index in [1.807, 2.05) is 46.9 Å². The standard InChI is InChI=1S/C11H17N3.2C2H6/c1-9-7-8-12-11(13-9)14-10-5-3-2-4-6-10;2*1-2/h7-8,10H,2-6H2,1H3,(H,12,13,14);2*1-2H3. The summed E-state index contributed by atoms with van der Waals surface area (Å²) >= 11 is 0. The molecule has 3 heteroatoms. The summed E-state index contributed by atoms with van der Waals surface area (Å²) < 4.78 is 0. The van der Waals surface area contributed by atoms with Gasteiger partial charge >= 0.3 is 0 Å². The number of rotatable bonds is 2. The van der Waals surface area contributed by atoms with Crippen molar-refractivity contribution in [1.82, 2.24) is 9.97 Å². The number of nitrogens with zero attached hydrogens (tertiary/aromatic N) is 2. The number of nitrogens with one attached hydrogen (secondary N) is 1. The molecule has 0 bridgehead atoms. The third-order valence-electron chi connectivity index (χ3n) is 2.73. The first-order valence-electron chi connectivity index (χ1n) is 7.41. The summed E-state index contributed by atoms with van der Waals surface area (Å²) in [4.78, 5) is 8.56. The van der Waals surface area contributed by atoms with Gasteiger partial charge in [-0.1, -0.05) is 47.0 Å². The van der Waals surface area contributed by atoms with Crippen LogP contribution in [-0.4, -0.2) is 16.0 Å². The Balaban J connectivity index is 0.000000659. The number of anilines is 1. The highest BCUT2D eigenvalue weighted by Gasteiger charge is 2.13. The molecule has 0 aromatic carbocycles. The largest absolute Gasteiger partial charge is 0.351 e. The summed E-state index contributed by atoms with van der Waals surface area (Å²) in [7, 11) is 0. The molecule has 3 nitrogen and oxygen atoms in total. The summed E-state index contributed by atoms with van der Waals surface area (Å²) in [6, 6.07) is 2.51. The molecule has 1 aliphatic carbocycles. The Morgan fingerprint density at radius 2 is 1.67 bits per heavy atom. The van der Waals surface area contributed by atoms with E-state index in [1.54, 1.807) is 0 Å². The third-order valence-corrected chi connectivity index (χ3v) is 2.73. The number of hydrogen-bond donors (Lipinski definition) is 1. The van der Waals surface area contributed by atoms with Gasteiger partial charge in [0.15, 0.2) is 0 Å². The zero-order valence-corrected chi connectivity index (χ0v) is 12.7. The van der Waals surface area contributed by atoms with Gasteiger partial charge in [0.2, 0.25) is 5.95 Å². The fourth-order valence-corrected chi connectivity index (χ4v) is 1.95. The maximum Gasteiger partial charge on any atom is 0.223 e. The summed E-state index contributed by atoms with van der Waals surface area (Å²) in [6.07, 6.45) is 8.39. The summed E-state index contributed by atoms with van der Waals surface area (Å²) in [5, 5.41) is 3.40. The lowest BCUT2D eigenvalue weighted by Gasteiger charge is -2.22. The molecule has 2 rings (SSSR count). The first-order chi connectivity index (χ1) is 8.84. The predicted molar refractivity (Wildman–Crippen MR) is 80.0 cm³/mol. The molecule has 1 saturated carbocycles. The monoisotopic (exact) mass is 251 g/mol.